The first kappa shape index (κ1) is 28.6. The standard InChI is InChI=1S/C46H34N4/c1-30(2)46-47-40-20-7-12-25-45(40)50(46)33-15-13-14-31(26-33)32-27-34(48-41-21-8-3-16-36(41)37-17-4-9-22-42(37)48)29-35(28-32)49-43-23-10-5-18-38(43)39-19-6-11-24-44(39)49/h3-30H,1-2H3. The molecule has 10 rings (SSSR count). The van der Waals surface area contributed by atoms with Gasteiger partial charge in [-0.15, -0.1) is 0 Å². The third-order valence-electron chi connectivity index (χ3n) is 10.1. The van der Waals surface area contributed by atoms with E-state index < -0.39 is 0 Å². The van der Waals surface area contributed by atoms with Crippen LogP contribution in [0.3, 0.4) is 0 Å². The second-order valence-corrected chi connectivity index (χ2v) is 13.5. The summed E-state index contributed by atoms with van der Waals surface area (Å²) >= 11 is 0. The lowest BCUT2D eigenvalue weighted by molar-refractivity contribution is 0.760. The van der Waals surface area contributed by atoms with E-state index in [0.29, 0.717) is 0 Å². The molecule has 238 valence electrons. The lowest BCUT2D eigenvalue weighted by atomic mass is 10.0. The highest BCUT2D eigenvalue weighted by atomic mass is 15.1. The Morgan fingerprint density at radius 3 is 1.32 bits per heavy atom. The molecule has 0 saturated heterocycles. The van der Waals surface area contributed by atoms with Crippen molar-refractivity contribution in [2.45, 2.75) is 19.8 Å². The van der Waals surface area contributed by atoms with Crippen molar-refractivity contribution in [3.63, 3.8) is 0 Å². The maximum Gasteiger partial charge on any atom is 0.117 e. The van der Waals surface area contributed by atoms with E-state index in [9.17, 15) is 0 Å². The molecule has 3 aromatic heterocycles. The van der Waals surface area contributed by atoms with Gasteiger partial charge in [-0.1, -0.05) is 111 Å². The molecule has 0 saturated carbocycles. The average Bonchev–Trinajstić information content (AvgIpc) is 3.83. The summed E-state index contributed by atoms with van der Waals surface area (Å²) in [6.07, 6.45) is 0. The molecule has 10 aromatic rings. The van der Waals surface area contributed by atoms with Crippen molar-refractivity contribution < 1.29 is 0 Å². The zero-order valence-electron chi connectivity index (χ0n) is 28.0. The molecule has 0 amide bonds. The van der Waals surface area contributed by atoms with Crippen LogP contribution in [-0.4, -0.2) is 18.7 Å². The summed E-state index contributed by atoms with van der Waals surface area (Å²) in [6, 6.07) is 59.4. The summed E-state index contributed by atoms with van der Waals surface area (Å²) in [7, 11) is 0. The number of rotatable bonds is 5. The Hall–Kier alpha value is -6.39. The maximum atomic E-state index is 5.06. The normalized spacial score (nSPS) is 12.0. The summed E-state index contributed by atoms with van der Waals surface area (Å²) in [5.74, 6) is 1.33. The predicted molar refractivity (Wildman–Crippen MR) is 209 cm³/mol. The second kappa shape index (κ2) is 11.1. The molecule has 50 heavy (non-hydrogen) atoms. The van der Waals surface area contributed by atoms with Gasteiger partial charge in [0.1, 0.15) is 5.82 Å². The van der Waals surface area contributed by atoms with Crippen LogP contribution in [-0.2, 0) is 0 Å². The number of aromatic nitrogens is 4. The van der Waals surface area contributed by atoms with E-state index in [4.69, 9.17) is 4.98 Å². The minimum atomic E-state index is 0.270. The molecule has 0 unspecified atom stereocenters. The summed E-state index contributed by atoms with van der Waals surface area (Å²) in [5, 5.41) is 5.01. The van der Waals surface area contributed by atoms with Crippen LogP contribution in [0.5, 0.6) is 0 Å². The van der Waals surface area contributed by atoms with E-state index in [-0.39, 0.29) is 5.92 Å². The van der Waals surface area contributed by atoms with Gasteiger partial charge in [0.05, 0.1) is 33.1 Å². The van der Waals surface area contributed by atoms with E-state index in [1.54, 1.807) is 0 Å². The van der Waals surface area contributed by atoms with Crippen molar-refractivity contribution >= 4 is 54.6 Å². The number of fused-ring (bicyclic) bond motifs is 7. The molecule has 0 atom stereocenters. The molecule has 0 aliphatic rings. The Morgan fingerprint density at radius 2 is 0.820 bits per heavy atom. The summed E-state index contributed by atoms with van der Waals surface area (Å²) in [6.45, 7) is 4.43. The highest BCUT2D eigenvalue weighted by Gasteiger charge is 2.19. The van der Waals surface area contributed by atoms with E-state index >= 15 is 0 Å². The van der Waals surface area contributed by atoms with Crippen molar-refractivity contribution in [1.82, 2.24) is 18.7 Å². The van der Waals surface area contributed by atoms with Crippen molar-refractivity contribution in [2.75, 3.05) is 0 Å². The smallest absolute Gasteiger partial charge is 0.117 e. The summed E-state index contributed by atoms with van der Waals surface area (Å²) in [4.78, 5) is 5.06. The first-order valence-electron chi connectivity index (χ1n) is 17.3. The van der Waals surface area contributed by atoms with Crippen LogP contribution >= 0.6 is 0 Å². The van der Waals surface area contributed by atoms with Gasteiger partial charge in [-0.05, 0) is 77.9 Å². The van der Waals surface area contributed by atoms with Crippen LogP contribution in [0.25, 0.3) is 82.8 Å². The summed E-state index contributed by atoms with van der Waals surface area (Å²) < 4.78 is 7.18. The molecule has 0 fully saturated rings. The zero-order valence-corrected chi connectivity index (χ0v) is 28.0. The van der Waals surface area contributed by atoms with Crippen LogP contribution in [0.1, 0.15) is 25.6 Å². The number of imidazole rings is 1. The maximum absolute atomic E-state index is 5.06. The van der Waals surface area contributed by atoms with Gasteiger partial charge in [0.25, 0.3) is 0 Å². The van der Waals surface area contributed by atoms with Crippen molar-refractivity contribution in [3.05, 3.63) is 170 Å². The van der Waals surface area contributed by atoms with Crippen molar-refractivity contribution in [3.8, 4) is 28.2 Å². The third-order valence-corrected chi connectivity index (χ3v) is 10.1. The Balaban J connectivity index is 1.28. The topological polar surface area (TPSA) is 27.7 Å². The minimum Gasteiger partial charge on any atom is -0.309 e. The third kappa shape index (κ3) is 4.28. The molecule has 0 spiro atoms. The van der Waals surface area contributed by atoms with Crippen LogP contribution in [0, 0.1) is 0 Å². The largest absolute Gasteiger partial charge is 0.309 e. The Kier molecular flexibility index (Phi) is 6.34. The van der Waals surface area contributed by atoms with Gasteiger partial charge in [-0.2, -0.15) is 0 Å². The monoisotopic (exact) mass is 642 g/mol. The van der Waals surface area contributed by atoms with Crippen LogP contribution in [0.2, 0.25) is 0 Å². The van der Waals surface area contributed by atoms with Crippen molar-refractivity contribution in [1.29, 1.82) is 0 Å². The van der Waals surface area contributed by atoms with Gasteiger partial charge < -0.3 is 9.13 Å². The molecule has 0 radical (unpaired) electrons. The van der Waals surface area contributed by atoms with E-state index in [0.717, 1.165) is 45.0 Å². The second-order valence-electron chi connectivity index (χ2n) is 13.5. The van der Waals surface area contributed by atoms with E-state index in [1.807, 2.05) is 0 Å². The Morgan fingerprint density at radius 1 is 0.380 bits per heavy atom. The zero-order chi connectivity index (χ0) is 33.3. The van der Waals surface area contributed by atoms with Gasteiger partial charge >= 0.3 is 0 Å². The average molecular weight is 643 g/mol. The molecule has 0 N–H and O–H groups in total. The predicted octanol–water partition coefficient (Wildman–Crippen LogP) is 12.0. The number of nitrogens with zero attached hydrogens (tertiary/aromatic N) is 4. The number of hydrogen-bond donors (Lipinski definition) is 0. The number of hydrogen-bond acceptors (Lipinski definition) is 1. The van der Waals surface area contributed by atoms with E-state index in [1.165, 1.54) is 43.6 Å². The molecule has 3 heterocycles. The van der Waals surface area contributed by atoms with Gasteiger partial charge in [-0.3, -0.25) is 4.57 Å². The molecule has 7 aromatic carbocycles. The lowest BCUT2D eigenvalue weighted by Crippen LogP contribution is -2.03. The van der Waals surface area contributed by atoms with Crippen LogP contribution in [0.15, 0.2) is 164 Å². The Bertz CT molecular complexity index is 2680. The minimum absolute atomic E-state index is 0.270. The molecule has 0 aliphatic heterocycles. The first-order chi connectivity index (χ1) is 24.6. The fourth-order valence-electron chi connectivity index (χ4n) is 7.95. The van der Waals surface area contributed by atoms with E-state index in [2.05, 4.69) is 191 Å². The molecule has 4 nitrogen and oxygen atoms in total. The number of benzene rings is 7. The molecule has 0 bridgehead atoms. The Labute approximate surface area is 290 Å². The van der Waals surface area contributed by atoms with Gasteiger partial charge in [0.2, 0.25) is 0 Å². The molecule has 4 heteroatoms. The molecular weight excluding hydrogens is 609 g/mol. The van der Waals surface area contributed by atoms with Crippen LogP contribution in [0.4, 0.5) is 0 Å². The van der Waals surface area contributed by atoms with Crippen LogP contribution < -0.4 is 0 Å². The fraction of sp³-hybridized carbons (Fsp3) is 0.0652. The van der Waals surface area contributed by atoms with Crippen molar-refractivity contribution in [2.24, 2.45) is 0 Å². The highest BCUT2D eigenvalue weighted by molar-refractivity contribution is 6.10. The fourth-order valence-corrected chi connectivity index (χ4v) is 7.95. The quantitative estimate of drug-likeness (QED) is 0.184. The van der Waals surface area contributed by atoms with Gasteiger partial charge in [-0.25, -0.2) is 4.98 Å². The van der Waals surface area contributed by atoms with Gasteiger partial charge in [0, 0.05) is 44.5 Å². The highest BCUT2D eigenvalue weighted by Crippen LogP contribution is 2.38. The van der Waals surface area contributed by atoms with Gasteiger partial charge in [0.15, 0.2) is 0 Å². The SMILES string of the molecule is CC(C)c1nc2ccccc2n1-c1cccc(-c2cc(-n3c4ccccc4c4ccccc43)cc(-n3c4ccccc4c4ccccc43)c2)c1. The lowest BCUT2D eigenvalue weighted by Gasteiger charge is -2.17. The first-order valence-corrected chi connectivity index (χ1v) is 17.3. The summed E-state index contributed by atoms with van der Waals surface area (Å²) in [5.41, 5.74) is 12.6. The number of para-hydroxylation sites is 6. The molecule has 0 aliphatic carbocycles. The molecular formula is C46H34N4.